The van der Waals surface area contributed by atoms with Gasteiger partial charge in [0.2, 0.25) is 0 Å². The average molecular weight is 445 g/mol. The molecule has 0 fully saturated rings. The maximum atomic E-state index is 13.5. The Bertz CT molecular complexity index is 861. The molecule has 0 aromatic heterocycles. The molecule has 2 rings (SSSR count). The van der Waals surface area contributed by atoms with E-state index in [0.717, 1.165) is 23.1 Å². The quantitative estimate of drug-likeness (QED) is 0.223. The largest absolute Gasteiger partial charge is 0.465 e. The van der Waals surface area contributed by atoms with E-state index in [2.05, 4.69) is 27.7 Å². The molecule has 0 spiro atoms. The van der Waals surface area contributed by atoms with Gasteiger partial charge in [0.15, 0.2) is 5.78 Å². The van der Waals surface area contributed by atoms with Crippen LogP contribution in [0.5, 0.6) is 0 Å². The van der Waals surface area contributed by atoms with E-state index in [9.17, 15) is 9.59 Å². The predicted molar refractivity (Wildman–Crippen MR) is 130 cm³/mol. The summed E-state index contributed by atoms with van der Waals surface area (Å²) in [7, 11) is 0.611. The number of carbonyl (C=O) groups is 2. The molecule has 0 saturated heterocycles. The highest BCUT2D eigenvalue weighted by molar-refractivity contribution is 7.00. The van der Waals surface area contributed by atoms with Gasteiger partial charge in [-0.2, -0.15) is 0 Å². The smallest absolute Gasteiger partial charge is 0.321 e. The highest BCUT2D eigenvalue weighted by atomic mass is 31.0. The maximum Gasteiger partial charge on any atom is 0.321 e. The summed E-state index contributed by atoms with van der Waals surface area (Å²) in [6, 6.07) is 13.2. The molecule has 0 aliphatic rings. The lowest BCUT2D eigenvalue weighted by Gasteiger charge is -2.24. The Morgan fingerprint density at radius 2 is 1.48 bits per heavy atom. The van der Waals surface area contributed by atoms with Crippen molar-refractivity contribution in [1.29, 1.82) is 0 Å². The Morgan fingerprint density at radius 3 is 1.97 bits per heavy atom. The minimum Gasteiger partial charge on any atom is -0.465 e. The zero-order valence-electron chi connectivity index (χ0n) is 20.0. The normalized spacial score (nSPS) is 13.0. The number of ether oxygens (including phenoxy) is 1. The van der Waals surface area contributed by atoms with Crippen LogP contribution in [0.15, 0.2) is 42.5 Å². The minimum atomic E-state index is -0.946. The number of aryl methyl sites for hydroxylation is 3. The van der Waals surface area contributed by atoms with Gasteiger partial charge in [-0.15, -0.1) is 0 Å². The Morgan fingerprint density at radius 1 is 0.968 bits per heavy atom. The summed E-state index contributed by atoms with van der Waals surface area (Å²) in [6.07, 6.45) is 0.945. The van der Waals surface area contributed by atoms with Crippen LogP contribution in [0, 0.1) is 32.1 Å². The third-order valence-electron chi connectivity index (χ3n) is 5.03. The fourth-order valence-corrected chi connectivity index (χ4v) is 4.17. The third-order valence-corrected chi connectivity index (χ3v) is 5.03. The summed E-state index contributed by atoms with van der Waals surface area (Å²) in [5.74, 6) is -1.38. The summed E-state index contributed by atoms with van der Waals surface area (Å²) in [5, 5.41) is 0. The van der Waals surface area contributed by atoms with Gasteiger partial charge in [-0.3, -0.25) is 9.59 Å². The first-order chi connectivity index (χ1) is 14.5. The summed E-state index contributed by atoms with van der Waals surface area (Å²) in [5.41, 5.74) is 4.34. The first-order valence-corrected chi connectivity index (χ1v) is 11.2. The van der Waals surface area contributed by atoms with Crippen molar-refractivity contribution >= 4 is 20.9 Å². The molecule has 3 unspecified atom stereocenters. The average Bonchev–Trinajstić information content (AvgIpc) is 2.67. The maximum absolute atomic E-state index is 13.5. The topological polar surface area (TPSA) is 60.4 Å². The molecule has 0 N–H and O–H groups in total. The third kappa shape index (κ3) is 8.10. The molecular formula is C26H37O4P. The van der Waals surface area contributed by atoms with Crippen LogP contribution in [-0.2, 0) is 14.1 Å². The number of esters is 1. The Labute approximate surface area is 189 Å². The van der Waals surface area contributed by atoms with Crippen LogP contribution in [-0.4, -0.2) is 18.4 Å². The van der Waals surface area contributed by atoms with Crippen molar-refractivity contribution in [2.45, 2.75) is 60.8 Å². The van der Waals surface area contributed by atoms with Crippen molar-refractivity contribution in [2.24, 2.45) is 11.3 Å². The van der Waals surface area contributed by atoms with Gasteiger partial charge in [-0.25, -0.2) is 0 Å². The molecule has 0 aliphatic carbocycles. The Balaban J connectivity index is 0.00000233. The van der Waals surface area contributed by atoms with Crippen LogP contribution in [0.2, 0.25) is 0 Å². The number of Topliss-reactive ketones (excluding diaryl/α,β-unsaturated/α-hetero) is 1. The van der Waals surface area contributed by atoms with Gasteiger partial charge >= 0.3 is 5.97 Å². The molecule has 0 bridgehead atoms. The lowest BCUT2D eigenvalue weighted by molar-refractivity contribution is -0.145. The van der Waals surface area contributed by atoms with E-state index in [4.69, 9.17) is 9.30 Å². The van der Waals surface area contributed by atoms with Crippen LogP contribution in [0.1, 0.15) is 72.6 Å². The zero-order valence-corrected chi connectivity index (χ0v) is 21.4. The molecule has 0 heterocycles. The van der Waals surface area contributed by atoms with Crippen LogP contribution in [0.4, 0.5) is 0 Å². The molecule has 0 amide bonds. The monoisotopic (exact) mass is 444 g/mol. The van der Waals surface area contributed by atoms with Crippen molar-refractivity contribution < 1.29 is 18.9 Å². The zero-order chi connectivity index (χ0) is 23.8. The second-order valence-electron chi connectivity index (χ2n) is 9.48. The second-order valence-corrected chi connectivity index (χ2v) is 9.48. The van der Waals surface area contributed by atoms with Crippen molar-refractivity contribution in [2.75, 3.05) is 6.61 Å². The number of hydrogen-bond donors (Lipinski definition) is 0. The van der Waals surface area contributed by atoms with E-state index < -0.39 is 11.9 Å². The lowest BCUT2D eigenvalue weighted by atomic mass is 9.85. The van der Waals surface area contributed by atoms with E-state index in [1.807, 2.05) is 63.2 Å². The molecule has 170 valence electrons. The fraction of sp³-hybridized carbons (Fsp3) is 0.462. The number of ketones is 1. The van der Waals surface area contributed by atoms with E-state index in [0.29, 0.717) is 26.9 Å². The Hall–Kier alpha value is -2.19. The predicted octanol–water partition coefficient (Wildman–Crippen LogP) is 6.13. The van der Waals surface area contributed by atoms with Crippen LogP contribution in [0.3, 0.4) is 0 Å². The Kier molecular flexibility index (Phi) is 10.4. The van der Waals surface area contributed by atoms with Crippen LogP contribution < -0.4 is 0 Å². The van der Waals surface area contributed by atoms with Gasteiger partial charge in [-0.1, -0.05) is 75.7 Å². The van der Waals surface area contributed by atoms with Gasteiger partial charge in [0.25, 0.3) is 0 Å². The van der Waals surface area contributed by atoms with Crippen molar-refractivity contribution in [3.63, 3.8) is 0 Å². The molecule has 3 atom stereocenters. The number of carbonyl (C=O) groups excluding carboxylic acids is 2. The summed E-state index contributed by atoms with van der Waals surface area (Å²) in [4.78, 5) is 26.6. The first-order valence-electron chi connectivity index (χ1n) is 10.6. The van der Waals surface area contributed by atoms with Gasteiger partial charge in [0.1, 0.15) is 5.92 Å². The molecule has 0 aliphatic heterocycles. The van der Waals surface area contributed by atoms with Crippen LogP contribution >= 0.6 is 9.12 Å². The highest BCUT2D eigenvalue weighted by Gasteiger charge is 2.33. The van der Waals surface area contributed by atoms with Gasteiger partial charge in [0.05, 0.1) is 15.7 Å². The highest BCUT2D eigenvalue weighted by Crippen LogP contribution is 2.28. The molecule has 2 aromatic carbocycles. The van der Waals surface area contributed by atoms with E-state index in [1.165, 1.54) is 0 Å². The van der Waals surface area contributed by atoms with Crippen LogP contribution in [0.25, 0.3) is 0 Å². The number of rotatable bonds is 7. The van der Waals surface area contributed by atoms with E-state index in [-0.39, 0.29) is 17.1 Å². The molecule has 0 saturated carbocycles. The molecule has 31 heavy (non-hydrogen) atoms. The van der Waals surface area contributed by atoms with E-state index >= 15 is 0 Å². The molecular weight excluding hydrogens is 407 g/mol. The summed E-state index contributed by atoms with van der Waals surface area (Å²) < 4.78 is 13.9. The van der Waals surface area contributed by atoms with E-state index in [1.54, 1.807) is 0 Å². The van der Waals surface area contributed by atoms with Crippen molar-refractivity contribution in [3.05, 3.63) is 70.3 Å². The number of hydrogen-bond acceptors (Lipinski definition) is 4. The van der Waals surface area contributed by atoms with Crippen molar-refractivity contribution in [1.82, 2.24) is 0 Å². The molecule has 4 nitrogen and oxygen atoms in total. The van der Waals surface area contributed by atoms with Gasteiger partial charge in [0, 0.05) is 5.56 Å². The van der Waals surface area contributed by atoms with Gasteiger partial charge < -0.3 is 9.30 Å². The molecule has 5 heteroatoms. The standard InChI is InChI=1S/C26H34O3.H3OP/c1-17-13-19(3)22(20(4)14-17)24(27)23(21-11-9-8-10-12-21)25(28)29-16-18(2)15-26(5,6)7;1-2/h8-14,18,23H,15-16H2,1-7H3;2H3. The second kappa shape index (κ2) is 12.0. The van der Waals surface area contributed by atoms with Gasteiger partial charge in [-0.05, 0) is 55.2 Å². The molecule has 2 aromatic rings. The molecule has 0 radical (unpaired) electrons. The first kappa shape index (κ1) is 26.8. The number of benzene rings is 2. The minimum absolute atomic E-state index is 0.163. The summed E-state index contributed by atoms with van der Waals surface area (Å²) in [6.45, 7) is 14.8. The lowest BCUT2D eigenvalue weighted by Crippen LogP contribution is -2.27. The summed E-state index contributed by atoms with van der Waals surface area (Å²) >= 11 is 0. The fourth-order valence-electron chi connectivity index (χ4n) is 4.17. The van der Waals surface area contributed by atoms with Crippen molar-refractivity contribution in [3.8, 4) is 0 Å². The SMILES string of the molecule is Cc1cc(C)c(C(=O)C(C(=O)OCC(C)CC(C)(C)C)c2ccccc2)c(C)c1.O=[PH3].